The van der Waals surface area contributed by atoms with E-state index in [1.807, 2.05) is 23.1 Å². The third-order valence-corrected chi connectivity index (χ3v) is 5.46. The molecule has 2 aliphatic heterocycles. The third-order valence-electron chi connectivity index (χ3n) is 5.11. The lowest BCUT2D eigenvalue weighted by molar-refractivity contribution is -0.123. The van der Waals surface area contributed by atoms with Crippen molar-refractivity contribution in [1.82, 2.24) is 15.1 Å². The maximum absolute atomic E-state index is 12.4. The first-order chi connectivity index (χ1) is 12.0. The normalized spacial score (nSPS) is 20.8. The van der Waals surface area contributed by atoms with Crippen molar-refractivity contribution >= 4 is 23.5 Å². The Kier molecular flexibility index (Phi) is 5.81. The molecule has 1 aromatic rings. The molecule has 1 aromatic carbocycles. The summed E-state index contributed by atoms with van der Waals surface area (Å²) in [5.74, 6) is -0.285. The molecule has 0 aliphatic carbocycles. The van der Waals surface area contributed by atoms with Crippen molar-refractivity contribution in [2.24, 2.45) is 11.7 Å². The maximum atomic E-state index is 12.4. The van der Waals surface area contributed by atoms with E-state index in [9.17, 15) is 9.59 Å². The van der Waals surface area contributed by atoms with Crippen LogP contribution in [-0.4, -0.2) is 54.5 Å². The number of likely N-dealkylation sites (tertiary alicyclic amines) is 1. The number of amides is 3. The number of nitrogens with zero attached hydrogens (tertiary/aromatic N) is 2. The van der Waals surface area contributed by atoms with Gasteiger partial charge in [0.1, 0.15) is 0 Å². The van der Waals surface area contributed by atoms with Crippen LogP contribution in [0.25, 0.3) is 0 Å². The van der Waals surface area contributed by atoms with Crippen LogP contribution in [0, 0.1) is 5.92 Å². The fourth-order valence-electron chi connectivity index (χ4n) is 3.66. The average Bonchev–Trinajstić information content (AvgIpc) is 2.62. The van der Waals surface area contributed by atoms with Gasteiger partial charge in [0.05, 0.1) is 5.92 Å². The quantitative estimate of drug-likeness (QED) is 0.851. The van der Waals surface area contributed by atoms with Crippen molar-refractivity contribution < 1.29 is 9.59 Å². The van der Waals surface area contributed by atoms with Crippen molar-refractivity contribution in [2.45, 2.75) is 25.8 Å². The number of nitrogens with two attached hydrogens (primary N) is 1. The van der Waals surface area contributed by atoms with Gasteiger partial charge < -0.3 is 20.9 Å². The fourth-order valence-corrected chi connectivity index (χ4v) is 3.95. The third kappa shape index (κ3) is 4.44. The Labute approximate surface area is 153 Å². The summed E-state index contributed by atoms with van der Waals surface area (Å²) >= 11 is 6.22. The van der Waals surface area contributed by atoms with Gasteiger partial charge in [-0.05, 0) is 43.0 Å². The number of fused-ring (bicyclic) bond motifs is 1. The van der Waals surface area contributed by atoms with Crippen LogP contribution < -0.4 is 11.1 Å². The highest BCUT2D eigenvalue weighted by Crippen LogP contribution is 2.25. The number of halogens is 1. The first-order valence-electron chi connectivity index (χ1n) is 8.85. The number of primary amides is 1. The minimum Gasteiger partial charge on any atom is -0.369 e. The fraction of sp³-hybridized carbons (Fsp3) is 0.556. The first-order valence-corrected chi connectivity index (χ1v) is 9.23. The van der Waals surface area contributed by atoms with Crippen LogP contribution in [0.4, 0.5) is 4.79 Å². The minimum absolute atomic E-state index is 0.0471. The minimum atomic E-state index is -0.223. The topological polar surface area (TPSA) is 78.7 Å². The molecule has 0 radical (unpaired) electrons. The molecular weight excluding hydrogens is 340 g/mol. The van der Waals surface area contributed by atoms with Crippen LogP contribution in [0.3, 0.4) is 0 Å². The molecule has 3 amide bonds. The zero-order valence-electron chi connectivity index (χ0n) is 14.3. The van der Waals surface area contributed by atoms with Crippen LogP contribution >= 0.6 is 11.6 Å². The number of nitrogens with one attached hydrogen (secondary N) is 1. The summed E-state index contributed by atoms with van der Waals surface area (Å²) in [5, 5.41) is 3.77. The Morgan fingerprint density at radius 2 is 2.16 bits per heavy atom. The zero-order chi connectivity index (χ0) is 17.8. The summed E-state index contributed by atoms with van der Waals surface area (Å²) in [4.78, 5) is 27.7. The van der Waals surface area contributed by atoms with Gasteiger partial charge in [-0.15, -0.1) is 0 Å². The molecular formula is C18H25ClN4O2. The van der Waals surface area contributed by atoms with Gasteiger partial charge in [-0.2, -0.15) is 0 Å². The van der Waals surface area contributed by atoms with E-state index >= 15 is 0 Å². The summed E-state index contributed by atoms with van der Waals surface area (Å²) in [6.07, 6.45) is 2.63. The van der Waals surface area contributed by atoms with E-state index in [0.717, 1.165) is 48.5 Å². The number of carbonyl (C=O) groups is 2. The second kappa shape index (κ2) is 8.06. The first kappa shape index (κ1) is 18.0. The van der Waals surface area contributed by atoms with Gasteiger partial charge in [-0.25, -0.2) is 4.79 Å². The number of benzene rings is 1. The van der Waals surface area contributed by atoms with Crippen molar-refractivity contribution in [3.05, 3.63) is 34.3 Å². The van der Waals surface area contributed by atoms with Crippen LogP contribution in [-0.2, 0) is 17.8 Å². The van der Waals surface area contributed by atoms with Crippen molar-refractivity contribution in [3.63, 3.8) is 0 Å². The van der Waals surface area contributed by atoms with E-state index < -0.39 is 0 Å². The predicted octanol–water partition coefficient (Wildman–Crippen LogP) is 1.60. The number of rotatable bonds is 4. The number of urea groups is 1. The van der Waals surface area contributed by atoms with E-state index in [-0.39, 0.29) is 17.9 Å². The SMILES string of the molecule is NC(=O)C1CCCN(CCNC(=O)N2CCc3c(Cl)cccc3C2)C1. The number of carbonyl (C=O) groups excluding carboxylic acids is 2. The van der Waals surface area contributed by atoms with Crippen molar-refractivity contribution in [1.29, 1.82) is 0 Å². The standard InChI is InChI=1S/C18H25ClN4O2/c19-16-5-1-3-13-12-23(9-6-15(13)16)18(25)21-7-10-22-8-2-4-14(11-22)17(20)24/h1,3,5,14H,2,4,6-12H2,(H2,20,24)(H,21,25). The Hall–Kier alpha value is -1.79. The molecule has 0 saturated carbocycles. The molecule has 1 unspecified atom stereocenters. The molecule has 3 N–H and O–H groups in total. The molecule has 2 aliphatic rings. The van der Waals surface area contributed by atoms with Gasteiger partial charge in [-0.1, -0.05) is 23.7 Å². The highest BCUT2D eigenvalue weighted by Gasteiger charge is 2.24. The summed E-state index contributed by atoms with van der Waals surface area (Å²) in [6.45, 7) is 4.23. The van der Waals surface area contributed by atoms with Crippen LogP contribution in [0.1, 0.15) is 24.0 Å². The molecule has 136 valence electrons. The van der Waals surface area contributed by atoms with E-state index in [0.29, 0.717) is 26.2 Å². The highest BCUT2D eigenvalue weighted by molar-refractivity contribution is 6.31. The number of hydrogen-bond donors (Lipinski definition) is 2. The molecule has 25 heavy (non-hydrogen) atoms. The van der Waals surface area contributed by atoms with E-state index in [1.165, 1.54) is 0 Å². The highest BCUT2D eigenvalue weighted by atomic mass is 35.5. The molecule has 1 saturated heterocycles. The second-order valence-electron chi connectivity index (χ2n) is 6.82. The van der Waals surface area contributed by atoms with Gasteiger partial charge in [0.25, 0.3) is 0 Å². The Morgan fingerprint density at radius 1 is 1.32 bits per heavy atom. The number of piperidine rings is 1. The van der Waals surface area contributed by atoms with Gasteiger partial charge in [0, 0.05) is 37.7 Å². The lowest BCUT2D eigenvalue weighted by Gasteiger charge is -2.32. The summed E-state index contributed by atoms with van der Waals surface area (Å²) in [7, 11) is 0. The largest absolute Gasteiger partial charge is 0.369 e. The lowest BCUT2D eigenvalue weighted by atomic mass is 9.97. The Bertz CT molecular complexity index is 652. The molecule has 1 fully saturated rings. The van der Waals surface area contributed by atoms with Gasteiger partial charge in [0.2, 0.25) is 5.91 Å². The lowest BCUT2D eigenvalue weighted by Crippen LogP contribution is -2.47. The maximum Gasteiger partial charge on any atom is 0.317 e. The molecule has 3 rings (SSSR count). The Morgan fingerprint density at radius 3 is 2.96 bits per heavy atom. The molecule has 0 aromatic heterocycles. The monoisotopic (exact) mass is 364 g/mol. The number of hydrogen-bond acceptors (Lipinski definition) is 3. The molecule has 7 heteroatoms. The zero-order valence-corrected chi connectivity index (χ0v) is 15.1. The average molecular weight is 365 g/mol. The summed E-state index contributed by atoms with van der Waals surface area (Å²) < 4.78 is 0. The van der Waals surface area contributed by atoms with Crippen molar-refractivity contribution in [2.75, 3.05) is 32.7 Å². The van der Waals surface area contributed by atoms with Crippen molar-refractivity contribution in [3.8, 4) is 0 Å². The van der Waals surface area contributed by atoms with E-state index in [2.05, 4.69) is 10.2 Å². The summed E-state index contributed by atoms with van der Waals surface area (Å²) in [5.41, 5.74) is 7.67. The van der Waals surface area contributed by atoms with E-state index in [4.69, 9.17) is 17.3 Å². The van der Waals surface area contributed by atoms with Crippen LogP contribution in [0.15, 0.2) is 18.2 Å². The second-order valence-corrected chi connectivity index (χ2v) is 7.23. The van der Waals surface area contributed by atoms with Crippen LogP contribution in [0.5, 0.6) is 0 Å². The predicted molar refractivity (Wildman–Crippen MR) is 97.3 cm³/mol. The van der Waals surface area contributed by atoms with Gasteiger partial charge in [-0.3, -0.25) is 4.79 Å². The molecule has 0 spiro atoms. The van der Waals surface area contributed by atoms with Gasteiger partial charge in [0.15, 0.2) is 0 Å². The molecule has 1 atom stereocenters. The molecule has 6 nitrogen and oxygen atoms in total. The molecule has 2 heterocycles. The smallest absolute Gasteiger partial charge is 0.317 e. The van der Waals surface area contributed by atoms with Crippen LogP contribution in [0.2, 0.25) is 5.02 Å². The Balaban J connectivity index is 1.45. The van der Waals surface area contributed by atoms with E-state index in [1.54, 1.807) is 0 Å². The summed E-state index contributed by atoms with van der Waals surface area (Å²) in [6, 6.07) is 5.80. The van der Waals surface area contributed by atoms with Gasteiger partial charge >= 0.3 is 6.03 Å². The molecule has 0 bridgehead atoms.